The molecule has 0 bridgehead atoms. The van der Waals surface area contributed by atoms with Gasteiger partial charge in [0, 0.05) is 12.4 Å². The van der Waals surface area contributed by atoms with Gasteiger partial charge >= 0.3 is 6.18 Å². The second-order valence-electron chi connectivity index (χ2n) is 3.14. The zero-order valence-corrected chi connectivity index (χ0v) is 8.02. The second kappa shape index (κ2) is 3.92. The average molecular weight is 228 g/mol. The van der Waals surface area contributed by atoms with Crippen molar-refractivity contribution < 1.29 is 13.2 Å². The molecule has 0 aliphatic carbocycles. The first-order valence-electron chi connectivity index (χ1n) is 4.41. The molecule has 0 aliphatic heterocycles. The Morgan fingerprint density at radius 1 is 1.12 bits per heavy atom. The van der Waals surface area contributed by atoms with Crippen molar-refractivity contribution in [3.05, 3.63) is 42.0 Å². The van der Waals surface area contributed by atoms with Crippen molar-refractivity contribution in [1.82, 2.24) is 20.0 Å². The third-order valence-electron chi connectivity index (χ3n) is 1.91. The summed E-state index contributed by atoms with van der Waals surface area (Å²) in [6, 6.07) is 1.04. The molecule has 0 atom stereocenters. The molecule has 2 aromatic heterocycles. The number of halogens is 3. The van der Waals surface area contributed by atoms with Crippen LogP contribution < -0.4 is 0 Å². The fourth-order valence-electron chi connectivity index (χ4n) is 1.22. The molecular formula is C9H7F3N4. The van der Waals surface area contributed by atoms with E-state index in [9.17, 15) is 13.2 Å². The number of nitrogens with zero attached hydrogens (tertiary/aromatic N) is 4. The maximum atomic E-state index is 12.4. The summed E-state index contributed by atoms with van der Waals surface area (Å²) in [6.07, 6.45) is 0.696. The number of rotatable bonds is 2. The first-order chi connectivity index (χ1) is 7.55. The van der Waals surface area contributed by atoms with Gasteiger partial charge < -0.3 is 0 Å². The Morgan fingerprint density at radius 2 is 1.81 bits per heavy atom. The zero-order chi connectivity index (χ0) is 11.6. The van der Waals surface area contributed by atoms with Crippen molar-refractivity contribution in [2.45, 2.75) is 12.7 Å². The minimum Gasteiger partial charge on any atom is -0.264 e. The fourth-order valence-corrected chi connectivity index (χ4v) is 1.22. The zero-order valence-electron chi connectivity index (χ0n) is 8.02. The molecule has 0 aromatic carbocycles. The largest absolute Gasteiger partial charge is 0.417 e. The lowest BCUT2D eigenvalue weighted by atomic mass is 10.2. The standard InChI is InChI=1S/C9H7F3N4/c10-9(11,12)8-3-7(4-13-5-8)6-16-14-1-2-15-16/h1-5H,6H2. The van der Waals surface area contributed by atoms with Gasteiger partial charge in [0.05, 0.1) is 24.5 Å². The van der Waals surface area contributed by atoms with Gasteiger partial charge in [-0.25, -0.2) is 0 Å². The van der Waals surface area contributed by atoms with Crippen LogP contribution in [0.4, 0.5) is 13.2 Å². The second-order valence-corrected chi connectivity index (χ2v) is 3.14. The Hall–Kier alpha value is -1.92. The molecule has 84 valence electrons. The maximum Gasteiger partial charge on any atom is 0.417 e. The van der Waals surface area contributed by atoms with Crippen molar-refractivity contribution in [2.24, 2.45) is 0 Å². The summed E-state index contributed by atoms with van der Waals surface area (Å²) >= 11 is 0. The smallest absolute Gasteiger partial charge is 0.264 e. The first-order valence-corrected chi connectivity index (χ1v) is 4.41. The van der Waals surface area contributed by atoms with Gasteiger partial charge in [-0.05, 0) is 11.6 Å². The summed E-state index contributed by atoms with van der Waals surface area (Å²) in [4.78, 5) is 4.83. The molecule has 0 N–H and O–H groups in total. The molecular weight excluding hydrogens is 221 g/mol. The molecule has 2 aromatic rings. The Kier molecular flexibility index (Phi) is 2.59. The Bertz CT molecular complexity index is 464. The van der Waals surface area contributed by atoms with Gasteiger partial charge in [0.25, 0.3) is 0 Å². The summed E-state index contributed by atoms with van der Waals surface area (Å²) in [5.74, 6) is 0. The molecule has 0 spiro atoms. The highest BCUT2D eigenvalue weighted by atomic mass is 19.4. The van der Waals surface area contributed by atoms with Crippen LogP contribution in [0.15, 0.2) is 30.9 Å². The van der Waals surface area contributed by atoms with E-state index in [2.05, 4.69) is 15.2 Å². The highest BCUT2D eigenvalue weighted by molar-refractivity contribution is 5.20. The number of alkyl halides is 3. The molecule has 0 saturated carbocycles. The van der Waals surface area contributed by atoms with E-state index in [0.29, 0.717) is 5.56 Å². The maximum absolute atomic E-state index is 12.4. The van der Waals surface area contributed by atoms with Crippen LogP contribution in [0.1, 0.15) is 11.1 Å². The molecule has 2 heterocycles. The van der Waals surface area contributed by atoms with Crippen LogP contribution in [0.2, 0.25) is 0 Å². The van der Waals surface area contributed by atoms with E-state index in [1.807, 2.05) is 0 Å². The molecule has 0 radical (unpaired) electrons. The number of hydrogen-bond acceptors (Lipinski definition) is 3. The van der Waals surface area contributed by atoms with E-state index in [1.54, 1.807) is 0 Å². The Labute approximate surface area is 88.7 Å². The summed E-state index contributed by atoms with van der Waals surface area (Å²) in [5.41, 5.74) is -0.358. The molecule has 0 saturated heterocycles. The van der Waals surface area contributed by atoms with Crippen LogP contribution in [-0.4, -0.2) is 20.0 Å². The van der Waals surface area contributed by atoms with E-state index in [0.717, 1.165) is 12.3 Å². The van der Waals surface area contributed by atoms with E-state index >= 15 is 0 Å². The average Bonchev–Trinajstić information content (AvgIpc) is 2.70. The predicted octanol–water partition coefficient (Wildman–Crippen LogP) is 1.74. The van der Waals surface area contributed by atoms with Crippen molar-refractivity contribution in [3.63, 3.8) is 0 Å². The molecule has 0 amide bonds. The van der Waals surface area contributed by atoms with Crippen LogP contribution in [0.5, 0.6) is 0 Å². The highest BCUT2D eigenvalue weighted by Crippen LogP contribution is 2.28. The summed E-state index contributed by atoms with van der Waals surface area (Å²) < 4.78 is 37.1. The number of pyridine rings is 1. The van der Waals surface area contributed by atoms with Gasteiger partial charge in [-0.3, -0.25) is 4.98 Å². The van der Waals surface area contributed by atoms with Gasteiger partial charge in [-0.2, -0.15) is 28.2 Å². The van der Waals surface area contributed by atoms with Crippen LogP contribution in [0.3, 0.4) is 0 Å². The predicted molar refractivity (Wildman–Crippen MR) is 48.4 cm³/mol. The molecule has 0 fully saturated rings. The van der Waals surface area contributed by atoms with Crippen molar-refractivity contribution in [1.29, 1.82) is 0 Å². The lowest BCUT2D eigenvalue weighted by Crippen LogP contribution is -2.09. The van der Waals surface area contributed by atoms with Gasteiger partial charge in [0.15, 0.2) is 0 Å². The molecule has 2 rings (SSSR count). The summed E-state index contributed by atoms with van der Waals surface area (Å²) in [7, 11) is 0. The normalized spacial score (nSPS) is 11.7. The highest BCUT2D eigenvalue weighted by Gasteiger charge is 2.30. The Balaban J connectivity index is 2.23. The van der Waals surface area contributed by atoms with Crippen molar-refractivity contribution >= 4 is 0 Å². The lowest BCUT2D eigenvalue weighted by molar-refractivity contribution is -0.137. The van der Waals surface area contributed by atoms with Gasteiger partial charge in [-0.1, -0.05) is 0 Å². The quantitative estimate of drug-likeness (QED) is 0.786. The van der Waals surface area contributed by atoms with E-state index in [-0.39, 0.29) is 6.54 Å². The molecule has 7 heteroatoms. The summed E-state index contributed by atoms with van der Waals surface area (Å²) in [5, 5.41) is 7.60. The minimum atomic E-state index is -4.37. The van der Waals surface area contributed by atoms with Crippen LogP contribution >= 0.6 is 0 Å². The van der Waals surface area contributed by atoms with Crippen LogP contribution in [-0.2, 0) is 12.7 Å². The third kappa shape index (κ3) is 2.36. The number of hydrogen-bond donors (Lipinski definition) is 0. The number of aromatic nitrogens is 4. The van der Waals surface area contributed by atoms with E-state index in [1.165, 1.54) is 23.4 Å². The third-order valence-corrected chi connectivity index (χ3v) is 1.91. The van der Waals surface area contributed by atoms with Gasteiger partial charge in [0.1, 0.15) is 0 Å². The molecule has 0 unspecified atom stereocenters. The van der Waals surface area contributed by atoms with E-state index < -0.39 is 11.7 Å². The minimum absolute atomic E-state index is 0.171. The SMILES string of the molecule is FC(F)(F)c1cncc(Cn2nccn2)c1. The van der Waals surface area contributed by atoms with Crippen molar-refractivity contribution in [3.8, 4) is 0 Å². The van der Waals surface area contributed by atoms with Crippen LogP contribution in [0, 0.1) is 0 Å². The van der Waals surface area contributed by atoms with Crippen LogP contribution in [0.25, 0.3) is 0 Å². The molecule has 0 aliphatic rings. The molecule has 4 nitrogen and oxygen atoms in total. The monoisotopic (exact) mass is 228 g/mol. The van der Waals surface area contributed by atoms with E-state index in [4.69, 9.17) is 0 Å². The summed E-state index contributed by atoms with van der Waals surface area (Å²) in [6.45, 7) is 0.171. The van der Waals surface area contributed by atoms with Gasteiger partial charge in [-0.15, -0.1) is 0 Å². The first kappa shape index (κ1) is 10.6. The van der Waals surface area contributed by atoms with Crippen molar-refractivity contribution in [2.75, 3.05) is 0 Å². The molecule has 16 heavy (non-hydrogen) atoms. The topological polar surface area (TPSA) is 43.6 Å². The lowest BCUT2D eigenvalue weighted by Gasteiger charge is -2.07. The van der Waals surface area contributed by atoms with Gasteiger partial charge in [0.2, 0.25) is 0 Å². The Morgan fingerprint density at radius 3 is 2.44 bits per heavy atom. The fraction of sp³-hybridized carbons (Fsp3) is 0.222.